The molecular formula is C20H14F2N6OS. The van der Waals surface area contributed by atoms with E-state index < -0.39 is 23.1 Å². The summed E-state index contributed by atoms with van der Waals surface area (Å²) in [6.07, 6.45) is 0. The number of amides is 1. The van der Waals surface area contributed by atoms with Crippen molar-refractivity contribution in [3.8, 4) is 0 Å². The smallest absolute Gasteiger partial charge is 0.261 e. The number of H-pyrrole nitrogens is 1. The number of halogens is 2. The quantitative estimate of drug-likeness (QED) is 0.365. The van der Waals surface area contributed by atoms with Gasteiger partial charge in [0, 0.05) is 17.1 Å². The van der Waals surface area contributed by atoms with Crippen molar-refractivity contribution in [3.05, 3.63) is 77.9 Å². The summed E-state index contributed by atoms with van der Waals surface area (Å²) in [5, 5.41) is 19.3. The first kappa shape index (κ1) is 19.4. The molecule has 30 heavy (non-hydrogen) atoms. The maximum Gasteiger partial charge on any atom is 0.261 e. The Kier molecular flexibility index (Phi) is 5.31. The molecule has 1 heterocycles. The molecule has 150 valence electrons. The summed E-state index contributed by atoms with van der Waals surface area (Å²) in [6, 6.07) is 15.2. The van der Waals surface area contributed by atoms with E-state index in [4.69, 9.17) is 12.2 Å². The van der Waals surface area contributed by atoms with E-state index in [1.165, 1.54) is 6.07 Å². The standard InChI is InChI=1S/C20H14F2N6OS/c21-14-2-1-3-15(22)18(14)19(29)23-11-4-6-12(7-5-11)24-20(30)25-13-8-9-16-17(10-13)27-28-26-16/h1-10H,(H,23,29)(H2,24,25,30)(H,26,27,28). The zero-order valence-corrected chi connectivity index (χ0v) is 16.1. The van der Waals surface area contributed by atoms with Crippen LogP contribution in [-0.4, -0.2) is 26.4 Å². The van der Waals surface area contributed by atoms with Crippen molar-refractivity contribution in [2.75, 3.05) is 16.0 Å². The van der Waals surface area contributed by atoms with Crippen molar-refractivity contribution in [3.63, 3.8) is 0 Å². The molecule has 0 saturated heterocycles. The summed E-state index contributed by atoms with van der Waals surface area (Å²) in [7, 11) is 0. The normalized spacial score (nSPS) is 10.6. The van der Waals surface area contributed by atoms with Crippen molar-refractivity contribution < 1.29 is 13.6 Å². The van der Waals surface area contributed by atoms with Crippen LogP contribution >= 0.6 is 12.2 Å². The molecule has 0 aliphatic heterocycles. The predicted molar refractivity (Wildman–Crippen MR) is 114 cm³/mol. The Hall–Kier alpha value is -3.92. The Morgan fingerprint density at radius 3 is 2.17 bits per heavy atom. The number of rotatable bonds is 4. The maximum atomic E-state index is 13.7. The van der Waals surface area contributed by atoms with E-state index in [0.717, 1.165) is 23.3 Å². The van der Waals surface area contributed by atoms with Gasteiger partial charge in [-0.15, -0.1) is 5.10 Å². The number of hydrogen-bond donors (Lipinski definition) is 4. The predicted octanol–water partition coefficient (Wildman–Crippen LogP) is 4.30. The number of thiocarbonyl (C=S) groups is 1. The summed E-state index contributed by atoms with van der Waals surface area (Å²) in [5.74, 6) is -2.72. The van der Waals surface area contributed by atoms with Crippen LogP contribution in [0.2, 0.25) is 0 Å². The first-order valence-electron chi connectivity index (χ1n) is 8.74. The van der Waals surface area contributed by atoms with Crippen LogP contribution in [0.3, 0.4) is 0 Å². The van der Waals surface area contributed by atoms with Gasteiger partial charge in [-0.3, -0.25) is 9.89 Å². The van der Waals surface area contributed by atoms with Crippen molar-refractivity contribution >= 4 is 51.3 Å². The summed E-state index contributed by atoms with van der Waals surface area (Å²) >= 11 is 5.30. The van der Waals surface area contributed by atoms with Gasteiger partial charge in [0.05, 0.1) is 5.52 Å². The first-order valence-corrected chi connectivity index (χ1v) is 9.15. The number of anilines is 3. The SMILES string of the molecule is O=C(Nc1ccc(NC(=S)Nc2ccc3[nH]nnc3c2)cc1)c1c(F)cccc1F. The van der Waals surface area contributed by atoms with Gasteiger partial charge in [-0.2, -0.15) is 0 Å². The molecule has 3 aromatic carbocycles. The van der Waals surface area contributed by atoms with E-state index in [9.17, 15) is 13.6 Å². The fraction of sp³-hybridized carbons (Fsp3) is 0. The molecule has 10 heteroatoms. The zero-order valence-electron chi connectivity index (χ0n) is 15.2. The number of fused-ring (bicyclic) bond motifs is 1. The molecule has 0 aliphatic carbocycles. The van der Waals surface area contributed by atoms with Crippen molar-refractivity contribution in [2.24, 2.45) is 0 Å². The van der Waals surface area contributed by atoms with Crippen LogP contribution in [0.25, 0.3) is 11.0 Å². The summed E-state index contributed by atoms with van der Waals surface area (Å²) in [6.45, 7) is 0. The lowest BCUT2D eigenvalue weighted by Crippen LogP contribution is -2.19. The third kappa shape index (κ3) is 4.23. The van der Waals surface area contributed by atoms with Gasteiger partial charge in [0.1, 0.15) is 22.7 Å². The monoisotopic (exact) mass is 424 g/mol. The molecule has 7 nitrogen and oxygen atoms in total. The van der Waals surface area contributed by atoms with Gasteiger partial charge in [-0.25, -0.2) is 8.78 Å². The highest BCUT2D eigenvalue weighted by molar-refractivity contribution is 7.80. The fourth-order valence-corrected chi connectivity index (χ4v) is 2.99. The third-order valence-electron chi connectivity index (χ3n) is 4.17. The van der Waals surface area contributed by atoms with Gasteiger partial charge in [0.2, 0.25) is 0 Å². The van der Waals surface area contributed by atoms with E-state index in [2.05, 4.69) is 31.4 Å². The molecule has 0 radical (unpaired) electrons. The van der Waals surface area contributed by atoms with Gasteiger partial charge in [0.25, 0.3) is 5.91 Å². The lowest BCUT2D eigenvalue weighted by atomic mass is 10.1. The molecular weight excluding hydrogens is 410 g/mol. The molecule has 4 rings (SSSR count). The van der Waals surface area contributed by atoms with Crippen LogP contribution in [0.4, 0.5) is 25.8 Å². The molecule has 0 atom stereocenters. The van der Waals surface area contributed by atoms with Gasteiger partial charge >= 0.3 is 0 Å². The number of hydrogen-bond acceptors (Lipinski definition) is 4. The fourth-order valence-electron chi connectivity index (χ4n) is 2.76. The van der Waals surface area contributed by atoms with Crippen LogP contribution in [0.1, 0.15) is 10.4 Å². The van der Waals surface area contributed by atoms with Crippen LogP contribution in [0.15, 0.2) is 60.7 Å². The van der Waals surface area contributed by atoms with E-state index >= 15 is 0 Å². The third-order valence-corrected chi connectivity index (χ3v) is 4.38. The largest absolute Gasteiger partial charge is 0.332 e. The number of benzene rings is 3. The van der Waals surface area contributed by atoms with Gasteiger partial charge < -0.3 is 16.0 Å². The van der Waals surface area contributed by atoms with Crippen molar-refractivity contribution in [1.29, 1.82) is 0 Å². The lowest BCUT2D eigenvalue weighted by molar-refractivity contribution is 0.101. The van der Waals surface area contributed by atoms with Crippen LogP contribution in [0.5, 0.6) is 0 Å². The second-order valence-corrected chi connectivity index (χ2v) is 6.66. The topological polar surface area (TPSA) is 94.7 Å². The molecule has 1 aromatic heterocycles. The summed E-state index contributed by atoms with van der Waals surface area (Å²) in [5.41, 5.74) is 2.66. The van der Waals surface area contributed by atoms with Gasteiger partial charge in [-0.05, 0) is 66.8 Å². The second-order valence-electron chi connectivity index (χ2n) is 6.25. The Morgan fingerprint density at radius 2 is 1.47 bits per heavy atom. The molecule has 4 N–H and O–H groups in total. The Labute approximate surface area is 174 Å². The zero-order chi connectivity index (χ0) is 21.1. The van der Waals surface area contributed by atoms with E-state index in [1.807, 2.05) is 12.1 Å². The Balaban J connectivity index is 1.38. The molecule has 0 spiro atoms. The lowest BCUT2D eigenvalue weighted by Gasteiger charge is -2.12. The van der Waals surface area contributed by atoms with E-state index in [1.54, 1.807) is 30.3 Å². The maximum absolute atomic E-state index is 13.7. The highest BCUT2D eigenvalue weighted by Crippen LogP contribution is 2.19. The summed E-state index contributed by atoms with van der Waals surface area (Å²) in [4.78, 5) is 12.1. The molecule has 0 unspecified atom stereocenters. The highest BCUT2D eigenvalue weighted by atomic mass is 32.1. The average molecular weight is 424 g/mol. The van der Waals surface area contributed by atoms with Crippen molar-refractivity contribution in [1.82, 2.24) is 15.4 Å². The van der Waals surface area contributed by atoms with E-state index in [0.29, 0.717) is 22.0 Å². The second kappa shape index (κ2) is 8.21. The van der Waals surface area contributed by atoms with Gasteiger partial charge in [-0.1, -0.05) is 11.3 Å². The minimum atomic E-state index is -0.925. The number of nitrogens with zero attached hydrogens (tertiary/aromatic N) is 2. The first-order chi connectivity index (χ1) is 14.5. The van der Waals surface area contributed by atoms with Crippen LogP contribution in [-0.2, 0) is 0 Å². The molecule has 1 amide bonds. The summed E-state index contributed by atoms with van der Waals surface area (Å²) < 4.78 is 27.4. The van der Waals surface area contributed by atoms with Crippen LogP contribution < -0.4 is 16.0 Å². The minimum absolute atomic E-state index is 0.350. The highest BCUT2D eigenvalue weighted by Gasteiger charge is 2.17. The van der Waals surface area contributed by atoms with Crippen molar-refractivity contribution in [2.45, 2.75) is 0 Å². The molecule has 0 fully saturated rings. The molecule has 4 aromatic rings. The van der Waals surface area contributed by atoms with E-state index in [-0.39, 0.29) is 0 Å². The molecule has 0 saturated carbocycles. The number of aromatic amines is 1. The minimum Gasteiger partial charge on any atom is -0.332 e. The Bertz CT molecular complexity index is 1220. The van der Waals surface area contributed by atoms with Gasteiger partial charge in [0.15, 0.2) is 5.11 Å². The number of carbonyl (C=O) groups excluding carboxylic acids is 1. The number of carbonyl (C=O) groups is 1. The van der Waals surface area contributed by atoms with Crippen LogP contribution in [0, 0.1) is 11.6 Å². The average Bonchev–Trinajstić information content (AvgIpc) is 3.17. The number of aromatic nitrogens is 3. The molecule has 0 bridgehead atoms. The molecule has 0 aliphatic rings. The number of nitrogens with one attached hydrogen (secondary N) is 4. The Morgan fingerprint density at radius 1 is 0.867 bits per heavy atom.